The lowest BCUT2D eigenvalue weighted by molar-refractivity contribution is -0.385. The Bertz CT molecular complexity index is 1080. The van der Waals surface area contributed by atoms with Gasteiger partial charge in [0.25, 0.3) is 5.69 Å². The molecule has 3 rings (SSSR count). The SMILES string of the molecule is CCOC(=O)c1ccc(Nc2nc(N)c(C(=O)c3ccccc3[N+](=O)[O-])s2)cc1. The van der Waals surface area contributed by atoms with Crippen molar-refractivity contribution in [3.05, 3.63) is 74.6 Å². The molecule has 148 valence electrons. The smallest absolute Gasteiger partial charge is 0.338 e. The number of nitrogen functional groups attached to an aromatic ring is 1. The number of hydrogen-bond acceptors (Lipinski definition) is 9. The molecule has 0 atom stereocenters. The van der Waals surface area contributed by atoms with E-state index < -0.39 is 16.7 Å². The van der Waals surface area contributed by atoms with Crippen molar-refractivity contribution in [3.8, 4) is 0 Å². The minimum absolute atomic E-state index is 0.0243. The highest BCUT2D eigenvalue weighted by Gasteiger charge is 2.25. The van der Waals surface area contributed by atoms with Crippen molar-refractivity contribution in [3.63, 3.8) is 0 Å². The monoisotopic (exact) mass is 412 g/mol. The molecular formula is C19H16N4O5S. The average molecular weight is 412 g/mol. The molecule has 0 spiro atoms. The molecule has 3 aromatic rings. The number of anilines is 3. The van der Waals surface area contributed by atoms with Gasteiger partial charge in [0.2, 0.25) is 5.78 Å². The summed E-state index contributed by atoms with van der Waals surface area (Å²) in [5.41, 5.74) is 6.54. The van der Waals surface area contributed by atoms with Gasteiger partial charge >= 0.3 is 5.97 Å². The Morgan fingerprint density at radius 3 is 2.55 bits per heavy atom. The minimum Gasteiger partial charge on any atom is -0.462 e. The number of benzene rings is 2. The number of thiazole rings is 1. The predicted molar refractivity (Wildman–Crippen MR) is 109 cm³/mol. The standard InChI is InChI=1S/C19H16N4O5S/c1-2-28-18(25)11-7-9-12(10-8-11)21-19-22-17(20)16(29-19)15(24)13-5-3-4-6-14(13)23(26)27/h3-10H,2,20H2,1H3,(H,21,22). The minimum atomic E-state index is -0.616. The summed E-state index contributed by atoms with van der Waals surface area (Å²) in [5, 5.41) is 14.5. The Hall–Kier alpha value is -3.79. The summed E-state index contributed by atoms with van der Waals surface area (Å²) in [6, 6.07) is 12.2. The van der Waals surface area contributed by atoms with Crippen molar-refractivity contribution in [2.24, 2.45) is 0 Å². The van der Waals surface area contributed by atoms with Gasteiger partial charge in [-0.2, -0.15) is 0 Å². The highest BCUT2D eigenvalue weighted by atomic mass is 32.1. The predicted octanol–water partition coefficient (Wildman–Crippen LogP) is 3.78. The molecule has 3 N–H and O–H groups in total. The zero-order valence-electron chi connectivity index (χ0n) is 15.2. The van der Waals surface area contributed by atoms with Crippen LogP contribution in [0.5, 0.6) is 0 Å². The van der Waals surface area contributed by atoms with Gasteiger partial charge in [0, 0.05) is 11.8 Å². The van der Waals surface area contributed by atoms with Crippen LogP contribution in [-0.4, -0.2) is 28.3 Å². The number of nitro groups is 1. The molecular weight excluding hydrogens is 396 g/mol. The van der Waals surface area contributed by atoms with Crippen LogP contribution in [0, 0.1) is 10.1 Å². The number of rotatable bonds is 7. The van der Waals surface area contributed by atoms with E-state index in [1.165, 1.54) is 18.2 Å². The van der Waals surface area contributed by atoms with E-state index in [0.29, 0.717) is 16.4 Å². The van der Waals surface area contributed by atoms with E-state index in [1.807, 2.05) is 0 Å². The van der Waals surface area contributed by atoms with Crippen LogP contribution in [-0.2, 0) is 4.74 Å². The third kappa shape index (κ3) is 4.38. The van der Waals surface area contributed by atoms with Crippen molar-refractivity contribution < 1.29 is 19.2 Å². The number of ketones is 1. The first-order valence-corrected chi connectivity index (χ1v) is 9.31. The van der Waals surface area contributed by atoms with Gasteiger partial charge in [0.05, 0.1) is 17.1 Å². The second kappa shape index (κ2) is 8.48. The molecule has 1 aromatic heterocycles. The highest BCUT2D eigenvalue weighted by molar-refractivity contribution is 7.18. The van der Waals surface area contributed by atoms with Crippen LogP contribution in [0.2, 0.25) is 0 Å². The maximum atomic E-state index is 12.7. The Kier molecular flexibility index (Phi) is 5.84. The van der Waals surface area contributed by atoms with Crippen molar-refractivity contribution in [1.29, 1.82) is 0 Å². The van der Waals surface area contributed by atoms with Crippen LogP contribution >= 0.6 is 11.3 Å². The molecule has 0 saturated heterocycles. The van der Waals surface area contributed by atoms with Gasteiger partial charge in [-0.05, 0) is 37.3 Å². The number of nitrogens with zero attached hydrogens (tertiary/aromatic N) is 2. The number of para-hydroxylation sites is 1. The second-order valence-electron chi connectivity index (χ2n) is 5.76. The normalized spacial score (nSPS) is 10.4. The number of nitrogens with one attached hydrogen (secondary N) is 1. The molecule has 0 aliphatic carbocycles. The molecule has 0 amide bonds. The van der Waals surface area contributed by atoms with Crippen LogP contribution in [0.25, 0.3) is 0 Å². The quantitative estimate of drug-likeness (QED) is 0.259. The van der Waals surface area contributed by atoms with Crippen LogP contribution in [0.15, 0.2) is 48.5 Å². The number of nitro benzene ring substituents is 1. The van der Waals surface area contributed by atoms with Crippen LogP contribution in [0.4, 0.5) is 22.3 Å². The zero-order valence-corrected chi connectivity index (χ0v) is 16.1. The Labute approximate surface area is 169 Å². The van der Waals surface area contributed by atoms with E-state index in [2.05, 4.69) is 10.3 Å². The maximum absolute atomic E-state index is 12.7. The van der Waals surface area contributed by atoms with E-state index in [4.69, 9.17) is 10.5 Å². The van der Waals surface area contributed by atoms with Crippen molar-refractivity contribution >= 4 is 45.4 Å². The fourth-order valence-electron chi connectivity index (χ4n) is 2.52. The summed E-state index contributed by atoms with van der Waals surface area (Å²) < 4.78 is 4.93. The van der Waals surface area contributed by atoms with Crippen molar-refractivity contribution in [2.75, 3.05) is 17.7 Å². The Morgan fingerprint density at radius 1 is 1.21 bits per heavy atom. The molecule has 10 heteroatoms. The third-order valence-corrected chi connectivity index (χ3v) is 4.84. The average Bonchev–Trinajstić information content (AvgIpc) is 3.08. The molecule has 0 unspecified atom stereocenters. The molecule has 0 saturated carbocycles. The maximum Gasteiger partial charge on any atom is 0.338 e. The second-order valence-corrected chi connectivity index (χ2v) is 6.76. The van der Waals surface area contributed by atoms with Crippen LogP contribution < -0.4 is 11.1 Å². The van der Waals surface area contributed by atoms with Gasteiger partial charge in [0.15, 0.2) is 5.13 Å². The van der Waals surface area contributed by atoms with Gasteiger partial charge in [-0.1, -0.05) is 23.5 Å². The van der Waals surface area contributed by atoms with E-state index >= 15 is 0 Å². The first kappa shape index (κ1) is 20.0. The molecule has 0 aliphatic rings. The lowest BCUT2D eigenvalue weighted by Gasteiger charge is -2.04. The van der Waals surface area contributed by atoms with E-state index in [9.17, 15) is 19.7 Å². The number of esters is 1. The van der Waals surface area contributed by atoms with Gasteiger partial charge in [0.1, 0.15) is 16.3 Å². The zero-order chi connectivity index (χ0) is 21.0. The van der Waals surface area contributed by atoms with Gasteiger partial charge in [-0.3, -0.25) is 14.9 Å². The number of nitrogens with two attached hydrogens (primary N) is 1. The molecule has 1 heterocycles. The summed E-state index contributed by atoms with van der Waals surface area (Å²) in [6.45, 7) is 2.01. The largest absolute Gasteiger partial charge is 0.462 e. The fraction of sp³-hybridized carbons (Fsp3) is 0.105. The molecule has 0 aliphatic heterocycles. The van der Waals surface area contributed by atoms with Gasteiger partial charge < -0.3 is 15.8 Å². The number of carbonyl (C=O) groups is 2. The Morgan fingerprint density at radius 2 is 1.90 bits per heavy atom. The van der Waals surface area contributed by atoms with Gasteiger partial charge in [-0.25, -0.2) is 9.78 Å². The topological polar surface area (TPSA) is 137 Å². The first-order chi connectivity index (χ1) is 13.9. The van der Waals surface area contributed by atoms with Crippen molar-refractivity contribution in [2.45, 2.75) is 6.92 Å². The lowest BCUT2D eigenvalue weighted by Crippen LogP contribution is -2.06. The summed E-state index contributed by atoms with van der Waals surface area (Å²) in [4.78, 5) is 39.2. The number of ether oxygens (including phenoxy) is 1. The number of hydrogen-bond donors (Lipinski definition) is 2. The summed E-state index contributed by atoms with van der Waals surface area (Å²) >= 11 is 0.985. The summed E-state index contributed by atoms with van der Waals surface area (Å²) in [7, 11) is 0. The number of carbonyl (C=O) groups excluding carboxylic acids is 2. The first-order valence-electron chi connectivity index (χ1n) is 8.49. The highest BCUT2D eigenvalue weighted by Crippen LogP contribution is 2.31. The molecule has 0 radical (unpaired) electrons. The van der Waals surface area contributed by atoms with E-state index in [-0.39, 0.29) is 28.6 Å². The molecule has 29 heavy (non-hydrogen) atoms. The molecule has 0 bridgehead atoms. The summed E-state index contributed by atoms with van der Waals surface area (Å²) in [6.07, 6.45) is 0. The number of aromatic nitrogens is 1. The van der Waals surface area contributed by atoms with E-state index in [0.717, 1.165) is 11.3 Å². The van der Waals surface area contributed by atoms with Crippen molar-refractivity contribution in [1.82, 2.24) is 4.98 Å². The lowest BCUT2D eigenvalue weighted by atomic mass is 10.1. The molecule has 2 aromatic carbocycles. The van der Waals surface area contributed by atoms with E-state index in [1.54, 1.807) is 37.3 Å². The summed E-state index contributed by atoms with van der Waals surface area (Å²) in [5.74, 6) is -1.02. The molecule has 9 nitrogen and oxygen atoms in total. The Balaban J connectivity index is 1.81. The van der Waals surface area contributed by atoms with Crippen LogP contribution in [0.3, 0.4) is 0 Å². The third-order valence-electron chi connectivity index (χ3n) is 3.85. The van der Waals surface area contributed by atoms with Gasteiger partial charge in [-0.15, -0.1) is 0 Å². The van der Waals surface area contributed by atoms with Crippen LogP contribution in [0.1, 0.15) is 32.5 Å². The molecule has 0 fully saturated rings. The fourth-order valence-corrected chi connectivity index (χ4v) is 3.38.